The van der Waals surface area contributed by atoms with Crippen LogP contribution in [0.2, 0.25) is 0 Å². The minimum Gasteiger partial charge on any atom is -0.497 e. The molecule has 106 valence electrons. The smallest absolute Gasteiger partial charge is 0.254 e. The van der Waals surface area contributed by atoms with Crippen molar-refractivity contribution < 1.29 is 9.53 Å². The molecule has 1 amide bonds. The highest BCUT2D eigenvalue weighted by molar-refractivity contribution is 5.94. The van der Waals surface area contributed by atoms with E-state index in [0.29, 0.717) is 5.56 Å². The van der Waals surface area contributed by atoms with Gasteiger partial charge in [0.1, 0.15) is 5.75 Å². The van der Waals surface area contributed by atoms with Crippen molar-refractivity contribution in [2.45, 2.75) is 13.8 Å². The summed E-state index contributed by atoms with van der Waals surface area (Å²) in [6.07, 6.45) is 0. The highest BCUT2D eigenvalue weighted by Crippen LogP contribution is 2.15. The first-order chi connectivity index (χ1) is 9.20. The van der Waals surface area contributed by atoms with E-state index in [1.807, 2.05) is 36.9 Å². The average molecular weight is 264 g/mol. The van der Waals surface area contributed by atoms with Crippen molar-refractivity contribution in [1.29, 1.82) is 0 Å². The van der Waals surface area contributed by atoms with Crippen molar-refractivity contribution in [1.82, 2.24) is 9.80 Å². The van der Waals surface area contributed by atoms with Gasteiger partial charge in [0, 0.05) is 31.7 Å². The van der Waals surface area contributed by atoms with Crippen molar-refractivity contribution in [3.8, 4) is 5.75 Å². The summed E-state index contributed by atoms with van der Waals surface area (Å²) < 4.78 is 5.13. The topological polar surface area (TPSA) is 32.8 Å². The summed E-state index contributed by atoms with van der Waals surface area (Å²) in [6.45, 7) is 7.48. The van der Waals surface area contributed by atoms with Gasteiger partial charge in [0.05, 0.1) is 7.11 Å². The van der Waals surface area contributed by atoms with Gasteiger partial charge in [-0.2, -0.15) is 0 Å². The molecule has 0 spiro atoms. The van der Waals surface area contributed by atoms with Gasteiger partial charge in [-0.25, -0.2) is 0 Å². The molecule has 0 bridgehead atoms. The van der Waals surface area contributed by atoms with Crippen LogP contribution >= 0.6 is 0 Å². The second-order valence-corrected chi connectivity index (χ2v) is 4.33. The Hall–Kier alpha value is -1.55. The van der Waals surface area contributed by atoms with Crippen LogP contribution in [-0.4, -0.2) is 56.0 Å². The largest absolute Gasteiger partial charge is 0.497 e. The molecular formula is C15H24N2O2. The second-order valence-electron chi connectivity index (χ2n) is 4.33. The van der Waals surface area contributed by atoms with Crippen molar-refractivity contribution >= 4 is 5.91 Å². The molecule has 1 aromatic carbocycles. The summed E-state index contributed by atoms with van der Waals surface area (Å²) >= 11 is 0. The summed E-state index contributed by atoms with van der Waals surface area (Å²) in [6, 6.07) is 7.33. The van der Waals surface area contributed by atoms with E-state index in [0.717, 1.165) is 31.9 Å². The lowest BCUT2D eigenvalue weighted by Crippen LogP contribution is -2.47. The molecule has 1 heterocycles. The van der Waals surface area contributed by atoms with E-state index in [4.69, 9.17) is 4.74 Å². The van der Waals surface area contributed by atoms with E-state index in [9.17, 15) is 4.79 Å². The van der Waals surface area contributed by atoms with Gasteiger partial charge in [-0.3, -0.25) is 4.79 Å². The number of rotatable bonds is 2. The van der Waals surface area contributed by atoms with Crippen LogP contribution in [-0.2, 0) is 0 Å². The molecule has 0 unspecified atom stereocenters. The van der Waals surface area contributed by atoms with Crippen LogP contribution in [0.25, 0.3) is 0 Å². The first-order valence-corrected chi connectivity index (χ1v) is 6.82. The lowest BCUT2D eigenvalue weighted by molar-refractivity contribution is 0.0664. The Balaban J connectivity index is 0.000000861. The van der Waals surface area contributed by atoms with Crippen LogP contribution in [0.15, 0.2) is 24.3 Å². The van der Waals surface area contributed by atoms with Crippen LogP contribution in [0.3, 0.4) is 0 Å². The van der Waals surface area contributed by atoms with E-state index in [-0.39, 0.29) is 5.91 Å². The third kappa shape index (κ3) is 4.24. The number of hydrogen-bond donors (Lipinski definition) is 0. The van der Waals surface area contributed by atoms with Crippen LogP contribution in [0.4, 0.5) is 0 Å². The normalized spacial score (nSPS) is 15.5. The number of amides is 1. The van der Waals surface area contributed by atoms with Crippen molar-refractivity contribution in [2.75, 3.05) is 40.3 Å². The summed E-state index contributed by atoms with van der Waals surface area (Å²) in [7, 11) is 3.69. The maximum atomic E-state index is 12.2. The van der Waals surface area contributed by atoms with Gasteiger partial charge in [0.15, 0.2) is 0 Å². The SMILES string of the molecule is CC.COc1cccc(C(=O)N2CCN(C)CC2)c1. The molecule has 1 saturated heterocycles. The maximum Gasteiger partial charge on any atom is 0.254 e. The third-order valence-corrected chi connectivity index (χ3v) is 3.11. The fourth-order valence-corrected chi connectivity index (χ4v) is 1.95. The number of carbonyl (C=O) groups excluding carboxylic acids is 1. The van der Waals surface area contributed by atoms with Gasteiger partial charge < -0.3 is 14.5 Å². The summed E-state index contributed by atoms with van der Waals surface area (Å²) in [4.78, 5) is 16.4. The fourth-order valence-electron chi connectivity index (χ4n) is 1.95. The zero-order valence-corrected chi connectivity index (χ0v) is 12.3. The average Bonchev–Trinajstić information content (AvgIpc) is 2.49. The Kier molecular flexibility index (Phi) is 6.36. The third-order valence-electron chi connectivity index (χ3n) is 3.11. The molecule has 0 atom stereocenters. The van der Waals surface area contributed by atoms with E-state index in [2.05, 4.69) is 11.9 Å². The molecule has 1 fully saturated rings. The number of likely N-dealkylation sites (N-methyl/N-ethyl adjacent to an activating group) is 1. The van der Waals surface area contributed by atoms with Crippen molar-refractivity contribution in [3.05, 3.63) is 29.8 Å². The molecule has 1 aliphatic heterocycles. The second kappa shape index (κ2) is 7.79. The molecule has 0 aromatic heterocycles. The van der Waals surface area contributed by atoms with Crippen LogP contribution in [0.1, 0.15) is 24.2 Å². The molecule has 1 aromatic rings. The zero-order chi connectivity index (χ0) is 14.3. The molecule has 4 heteroatoms. The highest BCUT2D eigenvalue weighted by atomic mass is 16.5. The predicted octanol–water partition coefficient (Wildman–Crippen LogP) is 2.11. The lowest BCUT2D eigenvalue weighted by atomic mass is 10.1. The first kappa shape index (κ1) is 15.5. The molecule has 1 aliphatic rings. The Morgan fingerprint density at radius 2 is 1.79 bits per heavy atom. The molecule has 0 radical (unpaired) electrons. The van der Waals surface area contributed by atoms with E-state index >= 15 is 0 Å². The van der Waals surface area contributed by atoms with Crippen LogP contribution in [0, 0.1) is 0 Å². The molecule has 0 N–H and O–H groups in total. The van der Waals surface area contributed by atoms with E-state index in [1.165, 1.54) is 0 Å². The Morgan fingerprint density at radius 1 is 1.16 bits per heavy atom. The lowest BCUT2D eigenvalue weighted by Gasteiger charge is -2.32. The molecule has 0 saturated carbocycles. The summed E-state index contributed by atoms with van der Waals surface area (Å²) in [5.41, 5.74) is 0.703. The minimum absolute atomic E-state index is 0.0944. The minimum atomic E-state index is 0.0944. The van der Waals surface area contributed by atoms with Gasteiger partial charge in [-0.05, 0) is 25.2 Å². The van der Waals surface area contributed by atoms with E-state index in [1.54, 1.807) is 13.2 Å². The first-order valence-electron chi connectivity index (χ1n) is 6.82. The molecule has 2 rings (SSSR count). The number of nitrogens with zero attached hydrogens (tertiary/aromatic N) is 2. The molecule has 19 heavy (non-hydrogen) atoms. The molecular weight excluding hydrogens is 240 g/mol. The maximum absolute atomic E-state index is 12.2. The Bertz CT molecular complexity index is 399. The van der Waals surface area contributed by atoms with Gasteiger partial charge in [0.2, 0.25) is 0 Å². The van der Waals surface area contributed by atoms with Gasteiger partial charge in [-0.1, -0.05) is 19.9 Å². The summed E-state index contributed by atoms with van der Waals surface area (Å²) in [5, 5.41) is 0. The monoisotopic (exact) mass is 264 g/mol. The number of methoxy groups -OCH3 is 1. The van der Waals surface area contributed by atoms with Crippen molar-refractivity contribution in [3.63, 3.8) is 0 Å². The highest BCUT2D eigenvalue weighted by Gasteiger charge is 2.20. The standard InChI is InChI=1S/C13H18N2O2.C2H6/c1-14-6-8-15(9-7-14)13(16)11-4-3-5-12(10-11)17-2;1-2/h3-5,10H,6-9H2,1-2H3;1-2H3. The molecule has 0 aliphatic carbocycles. The van der Waals surface area contributed by atoms with Gasteiger partial charge >= 0.3 is 0 Å². The predicted molar refractivity (Wildman–Crippen MR) is 77.7 cm³/mol. The number of piperazine rings is 1. The number of ether oxygens (including phenoxy) is 1. The molecule has 4 nitrogen and oxygen atoms in total. The number of hydrogen-bond acceptors (Lipinski definition) is 3. The van der Waals surface area contributed by atoms with Crippen molar-refractivity contribution in [2.24, 2.45) is 0 Å². The fraction of sp³-hybridized carbons (Fsp3) is 0.533. The number of benzene rings is 1. The van der Waals surface area contributed by atoms with Gasteiger partial charge in [-0.15, -0.1) is 0 Å². The van der Waals surface area contributed by atoms with Crippen LogP contribution < -0.4 is 4.74 Å². The van der Waals surface area contributed by atoms with Crippen LogP contribution in [0.5, 0.6) is 5.75 Å². The Morgan fingerprint density at radius 3 is 2.37 bits per heavy atom. The van der Waals surface area contributed by atoms with E-state index < -0.39 is 0 Å². The van der Waals surface area contributed by atoms with Gasteiger partial charge in [0.25, 0.3) is 5.91 Å². The quantitative estimate of drug-likeness (QED) is 0.820. The summed E-state index contributed by atoms with van der Waals surface area (Å²) in [5.74, 6) is 0.821. The zero-order valence-electron chi connectivity index (χ0n) is 12.3. The number of carbonyl (C=O) groups is 1. The Labute approximate surface area is 116 Å².